The molecule has 0 saturated carbocycles. The van der Waals surface area contributed by atoms with Crippen molar-refractivity contribution in [3.05, 3.63) is 45.9 Å². The van der Waals surface area contributed by atoms with Crippen molar-refractivity contribution < 1.29 is 4.42 Å². The molecule has 0 aliphatic heterocycles. The Balaban J connectivity index is 2.00. The van der Waals surface area contributed by atoms with Gasteiger partial charge in [0.2, 0.25) is 0 Å². The molecule has 17 heavy (non-hydrogen) atoms. The fourth-order valence-corrected chi connectivity index (χ4v) is 2.23. The van der Waals surface area contributed by atoms with Gasteiger partial charge in [-0.15, -0.1) is 0 Å². The molecule has 0 fully saturated rings. The summed E-state index contributed by atoms with van der Waals surface area (Å²) in [5.74, 6) is 0.981. The van der Waals surface area contributed by atoms with Crippen LogP contribution in [0.4, 0.5) is 11.4 Å². The zero-order valence-electron chi connectivity index (χ0n) is 9.61. The van der Waals surface area contributed by atoms with Crippen molar-refractivity contribution in [2.75, 3.05) is 11.1 Å². The van der Waals surface area contributed by atoms with Crippen LogP contribution >= 0.6 is 22.6 Å². The van der Waals surface area contributed by atoms with Crippen LogP contribution in [-0.4, -0.2) is 6.04 Å². The normalized spacial score (nSPS) is 12.4. The molecule has 3 nitrogen and oxygen atoms in total. The molecular formula is C13H15IN2O. The van der Waals surface area contributed by atoms with E-state index >= 15 is 0 Å². The van der Waals surface area contributed by atoms with Gasteiger partial charge < -0.3 is 15.5 Å². The largest absolute Gasteiger partial charge is 0.469 e. The minimum absolute atomic E-state index is 0.281. The van der Waals surface area contributed by atoms with E-state index < -0.39 is 0 Å². The average molecular weight is 342 g/mol. The maximum Gasteiger partial charge on any atom is 0.105 e. The number of halogens is 1. The molecule has 0 aliphatic rings. The van der Waals surface area contributed by atoms with Crippen LogP contribution in [0.5, 0.6) is 0 Å². The first-order valence-corrected chi connectivity index (χ1v) is 6.57. The molecule has 1 aromatic carbocycles. The lowest BCUT2D eigenvalue weighted by molar-refractivity contribution is 0.498. The fourth-order valence-electron chi connectivity index (χ4n) is 1.71. The van der Waals surface area contributed by atoms with Crippen molar-refractivity contribution in [3.63, 3.8) is 0 Å². The van der Waals surface area contributed by atoms with Crippen LogP contribution in [0, 0.1) is 3.57 Å². The highest BCUT2D eigenvalue weighted by Crippen LogP contribution is 2.22. The molecule has 1 heterocycles. The molecule has 1 aromatic heterocycles. The Morgan fingerprint density at radius 3 is 2.88 bits per heavy atom. The second-order valence-corrected chi connectivity index (χ2v) is 5.31. The van der Waals surface area contributed by atoms with Crippen LogP contribution in [0.2, 0.25) is 0 Å². The third-order valence-corrected chi connectivity index (χ3v) is 3.17. The van der Waals surface area contributed by atoms with Crippen molar-refractivity contribution in [2.45, 2.75) is 19.4 Å². The lowest BCUT2D eigenvalue weighted by Gasteiger charge is -2.15. The highest BCUT2D eigenvalue weighted by molar-refractivity contribution is 14.1. The molecule has 0 bridgehead atoms. The van der Waals surface area contributed by atoms with Gasteiger partial charge >= 0.3 is 0 Å². The number of benzene rings is 1. The van der Waals surface area contributed by atoms with E-state index in [0.29, 0.717) is 0 Å². The Hall–Kier alpha value is -1.17. The monoisotopic (exact) mass is 342 g/mol. The number of nitrogen functional groups attached to an aromatic ring is 1. The van der Waals surface area contributed by atoms with E-state index in [2.05, 4.69) is 34.8 Å². The van der Waals surface area contributed by atoms with Crippen LogP contribution < -0.4 is 11.1 Å². The van der Waals surface area contributed by atoms with Gasteiger partial charge in [-0.2, -0.15) is 0 Å². The van der Waals surface area contributed by atoms with Crippen LogP contribution in [-0.2, 0) is 6.42 Å². The van der Waals surface area contributed by atoms with Gasteiger partial charge in [0, 0.05) is 16.0 Å². The molecule has 1 atom stereocenters. The number of hydrogen-bond acceptors (Lipinski definition) is 3. The van der Waals surface area contributed by atoms with Crippen molar-refractivity contribution in [1.29, 1.82) is 0 Å². The van der Waals surface area contributed by atoms with Gasteiger partial charge in [-0.3, -0.25) is 0 Å². The third-order valence-electron chi connectivity index (χ3n) is 2.50. The second kappa shape index (κ2) is 5.44. The van der Waals surface area contributed by atoms with Crippen molar-refractivity contribution in [1.82, 2.24) is 0 Å². The maximum atomic E-state index is 5.95. The van der Waals surface area contributed by atoms with Gasteiger partial charge in [-0.25, -0.2) is 0 Å². The number of hydrogen-bond donors (Lipinski definition) is 2. The van der Waals surface area contributed by atoms with Gasteiger partial charge in [-0.1, -0.05) is 0 Å². The Labute approximate surface area is 115 Å². The first-order valence-electron chi connectivity index (χ1n) is 5.49. The minimum atomic E-state index is 0.281. The summed E-state index contributed by atoms with van der Waals surface area (Å²) in [4.78, 5) is 0. The average Bonchev–Trinajstić information content (AvgIpc) is 2.75. The Kier molecular flexibility index (Phi) is 3.93. The van der Waals surface area contributed by atoms with Crippen LogP contribution in [0.1, 0.15) is 12.7 Å². The van der Waals surface area contributed by atoms with Crippen LogP contribution in [0.3, 0.4) is 0 Å². The molecule has 0 amide bonds. The Morgan fingerprint density at radius 1 is 1.41 bits per heavy atom. The first kappa shape index (κ1) is 12.3. The van der Waals surface area contributed by atoms with Gasteiger partial charge in [0.1, 0.15) is 5.76 Å². The predicted molar refractivity (Wildman–Crippen MR) is 79.1 cm³/mol. The van der Waals surface area contributed by atoms with E-state index in [9.17, 15) is 0 Å². The molecule has 3 N–H and O–H groups in total. The zero-order chi connectivity index (χ0) is 12.3. The van der Waals surface area contributed by atoms with Crippen molar-refractivity contribution in [3.8, 4) is 0 Å². The van der Waals surface area contributed by atoms with Crippen molar-refractivity contribution >= 4 is 34.0 Å². The Bertz CT molecular complexity index is 482. The molecule has 2 aromatic rings. The van der Waals surface area contributed by atoms with E-state index in [4.69, 9.17) is 10.2 Å². The smallest absolute Gasteiger partial charge is 0.105 e. The second-order valence-electron chi connectivity index (χ2n) is 4.06. The summed E-state index contributed by atoms with van der Waals surface area (Å²) in [5.41, 5.74) is 7.71. The summed E-state index contributed by atoms with van der Waals surface area (Å²) in [6.45, 7) is 2.11. The lowest BCUT2D eigenvalue weighted by atomic mass is 10.1. The summed E-state index contributed by atoms with van der Waals surface area (Å²) in [6, 6.07) is 10.2. The molecule has 90 valence electrons. The quantitative estimate of drug-likeness (QED) is 0.660. The molecule has 0 radical (unpaired) electrons. The molecule has 0 spiro atoms. The van der Waals surface area contributed by atoms with Crippen molar-refractivity contribution in [2.24, 2.45) is 0 Å². The number of furan rings is 1. The molecule has 2 rings (SSSR count). The predicted octanol–water partition coefficient (Wildman–Crippen LogP) is 3.51. The summed E-state index contributed by atoms with van der Waals surface area (Å²) < 4.78 is 6.46. The van der Waals surface area contributed by atoms with E-state index in [0.717, 1.165) is 27.1 Å². The van der Waals surface area contributed by atoms with Crippen LogP contribution in [0.25, 0.3) is 0 Å². The number of rotatable bonds is 4. The fraction of sp³-hybridized carbons (Fsp3) is 0.231. The van der Waals surface area contributed by atoms with Gasteiger partial charge in [0.25, 0.3) is 0 Å². The Morgan fingerprint density at radius 2 is 2.24 bits per heavy atom. The minimum Gasteiger partial charge on any atom is -0.469 e. The standard InChI is InChI=1S/C13H15IN2O/c1-9(7-11-3-2-6-17-11)16-13-5-4-10(14)8-12(13)15/h2-6,8-9,16H,7,15H2,1H3. The van der Waals surface area contributed by atoms with Gasteiger partial charge in [0.05, 0.1) is 17.6 Å². The van der Waals surface area contributed by atoms with E-state index in [1.165, 1.54) is 0 Å². The summed E-state index contributed by atoms with van der Waals surface area (Å²) in [7, 11) is 0. The summed E-state index contributed by atoms with van der Waals surface area (Å²) in [5, 5.41) is 3.39. The summed E-state index contributed by atoms with van der Waals surface area (Å²) in [6.07, 6.45) is 2.54. The number of nitrogens with two attached hydrogens (primary N) is 1. The molecule has 0 saturated heterocycles. The first-order chi connectivity index (χ1) is 8.15. The SMILES string of the molecule is CC(Cc1ccco1)Nc1ccc(I)cc1N. The van der Waals surface area contributed by atoms with E-state index in [1.807, 2.05) is 30.3 Å². The molecule has 0 aliphatic carbocycles. The lowest BCUT2D eigenvalue weighted by Crippen LogP contribution is -2.18. The van der Waals surface area contributed by atoms with Gasteiger partial charge in [0.15, 0.2) is 0 Å². The molecule has 1 unspecified atom stereocenters. The molecular weight excluding hydrogens is 327 g/mol. The molecule has 4 heteroatoms. The highest BCUT2D eigenvalue weighted by Gasteiger charge is 2.07. The highest BCUT2D eigenvalue weighted by atomic mass is 127. The maximum absolute atomic E-state index is 5.95. The van der Waals surface area contributed by atoms with E-state index in [-0.39, 0.29) is 6.04 Å². The zero-order valence-corrected chi connectivity index (χ0v) is 11.8. The van der Waals surface area contributed by atoms with Crippen LogP contribution in [0.15, 0.2) is 41.0 Å². The number of anilines is 2. The van der Waals surface area contributed by atoms with Gasteiger partial charge in [-0.05, 0) is 59.8 Å². The van der Waals surface area contributed by atoms with E-state index in [1.54, 1.807) is 6.26 Å². The summed E-state index contributed by atoms with van der Waals surface area (Å²) >= 11 is 2.25. The number of nitrogens with one attached hydrogen (secondary N) is 1. The topological polar surface area (TPSA) is 51.2 Å². The third kappa shape index (κ3) is 3.39.